The van der Waals surface area contributed by atoms with E-state index >= 15 is 0 Å². The van der Waals surface area contributed by atoms with Crippen molar-refractivity contribution in [1.29, 1.82) is 0 Å². The maximum atomic E-state index is 5.38. The molecule has 0 atom stereocenters. The summed E-state index contributed by atoms with van der Waals surface area (Å²) in [6, 6.07) is 0. The maximum Gasteiger partial charge on any atom is 1.00 e. The molecule has 0 aromatic heterocycles. The largest absolute Gasteiger partial charge is 1.00 e. The van der Waals surface area contributed by atoms with Gasteiger partial charge in [0, 0.05) is 0 Å². The summed E-state index contributed by atoms with van der Waals surface area (Å²) in [6.45, 7) is 12.9. The molecule has 0 fully saturated rings. The molecule has 0 saturated carbocycles. The van der Waals surface area contributed by atoms with Gasteiger partial charge in [-0.1, -0.05) is 38.8 Å². The molecule has 1 nitrogen and oxygen atoms in total. The van der Waals surface area contributed by atoms with Gasteiger partial charge in [-0.15, -0.1) is 6.54 Å². The predicted molar refractivity (Wildman–Crippen MR) is 57.3 cm³/mol. The van der Waals surface area contributed by atoms with Crippen molar-refractivity contribution in [3.05, 3.63) is 41.4 Å². The maximum absolute atomic E-state index is 5.38. The van der Waals surface area contributed by atoms with Gasteiger partial charge in [0.15, 0.2) is 0 Å². The van der Waals surface area contributed by atoms with Crippen LogP contribution in [-0.2, 0) is 0 Å². The van der Waals surface area contributed by atoms with Crippen LogP contribution in [0.25, 0.3) is 5.32 Å². The average Bonchev–Trinajstić information content (AvgIpc) is 2.04. The fraction of sp³-hybridized carbons (Fsp3) is 0.500. The molecular formula is C12H17KN-. The fourth-order valence-corrected chi connectivity index (χ4v) is 1.51. The Balaban J connectivity index is 0.00000169. The smallest absolute Gasteiger partial charge is 0.699 e. The van der Waals surface area contributed by atoms with Crippen molar-refractivity contribution < 1.29 is 51.4 Å². The van der Waals surface area contributed by atoms with Crippen molar-refractivity contribution in [2.75, 3.05) is 6.54 Å². The second-order valence-corrected chi connectivity index (χ2v) is 4.28. The van der Waals surface area contributed by atoms with Crippen LogP contribution < -0.4 is 51.4 Å². The normalized spacial score (nSPS) is 19.4. The molecule has 1 aliphatic heterocycles. The molecule has 0 aromatic carbocycles. The molecule has 0 bridgehead atoms. The molecule has 0 amide bonds. The zero-order chi connectivity index (χ0) is 9.90. The quantitative estimate of drug-likeness (QED) is 0.449. The SMILES string of the molecule is [CH-]=C/C=C1\[N-]CCC=C1C(C)(C)C.[K+]. The summed E-state index contributed by atoms with van der Waals surface area (Å²) in [4.78, 5) is 0. The van der Waals surface area contributed by atoms with E-state index < -0.39 is 0 Å². The monoisotopic (exact) mass is 214 g/mol. The molecule has 0 N–H and O–H groups in total. The number of allylic oxidation sites excluding steroid dienone is 3. The third-order valence-corrected chi connectivity index (χ3v) is 2.10. The molecule has 72 valence electrons. The van der Waals surface area contributed by atoms with E-state index in [2.05, 4.69) is 32.2 Å². The van der Waals surface area contributed by atoms with Crippen molar-refractivity contribution in [2.24, 2.45) is 5.41 Å². The standard InChI is InChI=1S/C12H17N.K/c1-5-7-11-10(12(2,3)4)8-6-9-13-11;/h1,5,7-8H,6,9H2,2-4H3;/q-2;+1/b11-7-;. The molecular weight excluding hydrogens is 197 g/mol. The first-order valence-corrected chi connectivity index (χ1v) is 4.69. The molecule has 0 aromatic rings. The zero-order valence-corrected chi connectivity index (χ0v) is 12.8. The van der Waals surface area contributed by atoms with Crippen LogP contribution in [0.5, 0.6) is 0 Å². The molecule has 0 saturated heterocycles. The second-order valence-electron chi connectivity index (χ2n) is 4.28. The molecule has 14 heavy (non-hydrogen) atoms. The topological polar surface area (TPSA) is 14.1 Å². The summed E-state index contributed by atoms with van der Waals surface area (Å²) < 4.78 is 0. The van der Waals surface area contributed by atoms with Gasteiger partial charge in [-0.25, -0.2) is 17.8 Å². The number of hydrogen-bond donors (Lipinski definition) is 0. The molecule has 0 radical (unpaired) electrons. The minimum atomic E-state index is 0. The number of hydrogen-bond acceptors (Lipinski definition) is 0. The van der Waals surface area contributed by atoms with Gasteiger partial charge in [-0.3, -0.25) is 6.58 Å². The van der Waals surface area contributed by atoms with Gasteiger partial charge in [0.05, 0.1) is 0 Å². The van der Waals surface area contributed by atoms with Crippen molar-refractivity contribution >= 4 is 0 Å². The van der Waals surface area contributed by atoms with Crippen LogP contribution >= 0.6 is 0 Å². The summed E-state index contributed by atoms with van der Waals surface area (Å²) in [6.07, 6.45) is 6.76. The van der Waals surface area contributed by atoms with E-state index in [0.717, 1.165) is 18.7 Å². The summed E-state index contributed by atoms with van der Waals surface area (Å²) in [5, 5.41) is 4.45. The molecule has 1 heterocycles. The van der Waals surface area contributed by atoms with E-state index in [1.54, 1.807) is 6.08 Å². The van der Waals surface area contributed by atoms with Gasteiger partial charge < -0.3 is 5.32 Å². The third-order valence-electron chi connectivity index (χ3n) is 2.10. The molecule has 0 unspecified atom stereocenters. The second kappa shape index (κ2) is 6.28. The van der Waals surface area contributed by atoms with Crippen LogP contribution in [0.3, 0.4) is 0 Å². The van der Waals surface area contributed by atoms with Gasteiger partial charge >= 0.3 is 51.4 Å². The Bertz CT molecular complexity index is 256. The summed E-state index contributed by atoms with van der Waals surface area (Å²) in [5.41, 5.74) is 2.51. The van der Waals surface area contributed by atoms with Crippen LogP contribution in [0.15, 0.2) is 29.5 Å². The minimum Gasteiger partial charge on any atom is -0.699 e. The summed E-state index contributed by atoms with van der Waals surface area (Å²) in [5.74, 6) is 0. The van der Waals surface area contributed by atoms with Crippen molar-refractivity contribution in [3.8, 4) is 0 Å². The third kappa shape index (κ3) is 4.03. The van der Waals surface area contributed by atoms with Gasteiger partial charge in [0.25, 0.3) is 0 Å². The van der Waals surface area contributed by atoms with Gasteiger partial charge in [-0.2, -0.15) is 0 Å². The molecule has 0 spiro atoms. The molecule has 2 heteroatoms. The van der Waals surface area contributed by atoms with Gasteiger partial charge in [0.1, 0.15) is 0 Å². The summed E-state index contributed by atoms with van der Waals surface area (Å²) in [7, 11) is 0. The zero-order valence-electron chi connectivity index (χ0n) is 9.67. The van der Waals surface area contributed by atoms with E-state index in [1.807, 2.05) is 6.08 Å². The Morgan fingerprint density at radius 1 is 1.43 bits per heavy atom. The van der Waals surface area contributed by atoms with Crippen LogP contribution in [-0.4, -0.2) is 6.54 Å². The van der Waals surface area contributed by atoms with Gasteiger partial charge in [-0.05, 0) is 5.41 Å². The Labute approximate surface area is 130 Å². The Morgan fingerprint density at radius 2 is 2.07 bits per heavy atom. The first kappa shape index (κ1) is 14.7. The average molecular weight is 214 g/mol. The first-order chi connectivity index (χ1) is 6.05. The molecule has 0 aliphatic carbocycles. The predicted octanol–water partition coefficient (Wildman–Crippen LogP) is 0.613. The minimum absolute atomic E-state index is 0. The van der Waals surface area contributed by atoms with Crippen LogP contribution in [0.4, 0.5) is 0 Å². The molecule has 1 rings (SSSR count). The fourth-order valence-electron chi connectivity index (χ4n) is 1.51. The Hall–Kier alpha value is 0.656. The van der Waals surface area contributed by atoms with E-state index in [0.29, 0.717) is 0 Å². The van der Waals surface area contributed by atoms with Crippen LogP contribution in [0.2, 0.25) is 0 Å². The van der Waals surface area contributed by atoms with Crippen molar-refractivity contribution in [2.45, 2.75) is 27.2 Å². The van der Waals surface area contributed by atoms with Crippen molar-refractivity contribution in [3.63, 3.8) is 0 Å². The number of rotatable bonds is 1. The van der Waals surface area contributed by atoms with Crippen molar-refractivity contribution in [1.82, 2.24) is 0 Å². The van der Waals surface area contributed by atoms with Crippen LogP contribution in [0.1, 0.15) is 27.2 Å². The van der Waals surface area contributed by atoms with E-state index in [-0.39, 0.29) is 56.8 Å². The Morgan fingerprint density at radius 3 is 2.57 bits per heavy atom. The summed E-state index contributed by atoms with van der Waals surface area (Å²) >= 11 is 0. The van der Waals surface area contributed by atoms with Crippen LogP contribution in [0, 0.1) is 12.0 Å². The first-order valence-electron chi connectivity index (χ1n) is 4.69. The molecule has 1 aliphatic rings. The number of nitrogens with zero attached hydrogens (tertiary/aromatic N) is 1. The van der Waals surface area contributed by atoms with E-state index in [4.69, 9.17) is 6.58 Å². The van der Waals surface area contributed by atoms with E-state index in [9.17, 15) is 0 Å². The van der Waals surface area contributed by atoms with Gasteiger partial charge in [0.2, 0.25) is 0 Å². The Kier molecular flexibility index (Phi) is 6.58. The van der Waals surface area contributed by atoms with E-state index in [1.165, 1.54) is 5.57 Å².